The van der Waals surface area contributed by atoms with E-state index in [0.29, 0.717) is 23.0 Å². The van der Waals surface area contributed by atoms with E-state index in [-0.39, 0.29) is 30.0 Å². The zero-order valence-electron chi connectivity index (χ0n) is 19.3. The molecule has 0 aliphatic carbocycles. The smallest absolute Gasteiger partial charge is 0.252 e. The Balaban J connectivity index is 1.71. The van der Waals surface area contributed by atoms with Crippen LogP contribution < -0.4 is 5.01 Å². The highest BCUT2D eigenvalue weighted by atomic mass is 19.4. The van der Waals surface area contributed by atoms with Gasteiger partial charge in [0.25, 0.3) is 0 Å². The molecule has 3 aromatic rings. The van der Waals surface area contributed by atoms with Crippen molar-refractivity contribution in [3.63, 3.8) is 0 Å². The molecule has 0 saturated heterocycles. The van der Waals surface area contributed by atoms with Crippen LogP contribution in [0.2, 0.25) is 0 Å². The van der Waals surface area contributed by atoms with Crippen LogP contribution >= 0.6 is 0 Å². The first-order chi connectivity index (χ1) is 16.7. The van der Waals surface area contributed by atoms with Gasteiger partial charge in [0.2, 0.25) is 5.95 Å². The topological polar surface area (TPSA) is 54.3 Å². The molecule has 0 fully saturated rings. The second-order valence-corrected chi connectivity index (χ2v) is 8.87. The molecule has 0 aromatic carbocycles. The number of hydrazone groups is 1. The summed E-state index contributed by atoms with van der Waals surface area (Å²) in [5.74, 6) is -1.08. The summed E-state index contributed by atoms with van der Waals surface area (Å²) in [5, 5.41) is 4.83. The van der Waals surface area contributed by atoms with Gasteiger partial charge in [-0.25, -0.2) is 15.0 Å². The number of halogens is 7. The van der Waals surface area contributed by atoms with Gasteiger partial charge >= 0.3 is 12.4 Å². The quantitative estimate of drug-likeness (QED) is 0.298. The monoisotopic (exact) mass is 511 g/mol. The Morgan fingerprint density at radius 2 is 1.53 bits per heavy atom. The number of aromatic nitrogens is 3. The van der Waals surface area contributed by atoms with E-state index in [1.165, 1.54) is 11.1 Å². The van der Waals surface area contributed by atoms with Gasteiger partial charge in [-0.3, -0.25) is 4.98 Å². The van der Waals surface area contributed by atoms with Crippen molar-refractivity contribution in [2.45, 2.75) is 45.0 Å². The molecule has 0 amide bonds. The molecular weight excluding hydrogens is 491 g/mol. The van der Waals surface area contributed by atoms with E-state index in [0.717, 1.165) is 6.07 Å². The molecule has 0 atom stereocenters. The van der Waals surface area contributed by atoms with Gasteiger partial charge in [0.15, 0.2) is 0 Å². The normalized spacial score (nSPS) is 14.8. The molecular formula is C24H20F7N5. The number of hydrogen-bond acceptors (Lipinski definition) is 5. The van der Waals surface area contributed by atoms with Gasteiger partial charge in [-0.1, -0.05) is 6.07 Å². The molecule has 0 unspecified atom stereocenters. The average Bonchev–Trinajstić information content (AvgIpc) is 3.29. The van der Waals surface area contributed by atoms with E-state index in [9.17, 15) is 30.7 Å². The van der Waals surface area contributed by atoms with E-state index in [2.05, 4.69) is 20.1 Å². The van der Waals surface area contributed by atoms with Gasteiger partial charge < -0.3 is 0 Å². The molecule has 1 aliphatic rings. The fraction of sp³-hybridized carbons (Fsp3) is 0.333. The predicted octanol–water partition coefficient (Wildman–Crippen LogP) is 6.46. The van der Waals surface area contributed by atoms with Crippen molar-refractivity contribution >= 4 is 11.5 Å². The van der Waals surface area contributed by atoms with Crippen molar-refractivity contribution in [3.8, 4) is 11.3 Å². The van der Waals surface area contributed by atoms with E-state index in [1.54, 1.807) is 45.0 Å². The molecule has 1 aliphatic heterocycles. The molecule has 5 nitrogen and oxygen atoms in total. The number of nitrogens with zero attached hydrogens (tertiary/aromatic N) is 5. The van der Waals surface area contributed by atoms with Crippen LogP contribution in [-0.2, 0) is 11.6 Å². The lowest BCUT2D eigenvalue weighted by Crippen LogP contribution is -2.24. The lowest BCUT2D eigenvalue weighted by Gasteiger charge is -2.26. The number of pyridine rings is 3. The summed E-state index contributed by atoms with van der Waals surface area (Å²) in [4.78, 5) is 12.0. The fourth-order valence-corrected chi connectivity index (χ4v) is 3.78. The van der Waals surface area contributed by atoms with Gasteiger partial charge in [-0.05, 0) is 62.7 Å². The molecule has 4 heterocycles. The van der Waals surface area contributed by atoms with Gasteiger partial charge in [0, 0.05) is 18.4 Å². The Hall–Kier alpha value is -3.57. The highest BCUT2D eigenvalue weighted by Gasteiger charge is 2.39. The van der Waals surface area contributed by atoms with Crippen molar-refractivity contribution in [1.82, 2.24) is 15.0 Å². The van der Waals surface area contributed by atoms with Gasteiger partial charge in [-0.2, -0.15) is 35.8 Å². The summed E-state index contributed by atoms with van der Waals surface area (Å²) < 4.78 is 92.1. The third kappa shape index (κ3) is 5.02. The van der Waals surface area contributed by atoms with Crippen LogP contribution in [0.5, 0.6) is 0 Å². The van der Waals surface area contributed by atoms with Crippen LogP contribution in [-0.4, -0.2) is 33.4 Å². The summed E-state index contributed by atoms with van der Waals surface area (Å²) in [5.41, 5.74) is -1.68. The van der Waals surface area contributed by atoms with Crippen LogP contribution in [0, 0.1) is 12.9 Å². The molecule has 0 saturated carbocycles. The van der Waals surface area contributed by atoms with Crippen molar-refractivity contribution in [2.75, 3.05) is 11.6 Å². The third-order valence-electron chi connectivity index (χ3n) is 5.79. The molecule has 0 radical (unpaired) electrons. The lowest BCUT2D eigenvalue weighted by molar-refractivity contribution is -0.141. The van der Waals surface area contributed by atoms with E-state index in [1.807, 2.05) is 0 Å². The molecule has 0 N–H and O–H groups in total. The molecule has 190 valence electrons. The molecule has 12 heteroatoms. The van der Waals surface area contributed by atoms with Crippen LogP contribution in [0.25, 0.3) is 11.3 Å². The van der Waals surface area contributed by atoms with Crippen molar-refractivity contribution in [3.05, 3.63) is 71.1 Å². The Kier molecular flexibility index (Phi) is 6.26. The van der Waals surface area contributed by atoms with Gasteiger partial charge in [0.05, 0.1) is 22.6 Å². The minimum atomic E-state index is -4.79. The highest BCUT2D eigenvalue weighted by Crippen LogP contribution is 2.35. The Bertz CT molecular complexity index is 1330. The summed E-state index contributed by atoms with van der Waals surface area (Å²) in [6.45, 7) is 5.31. The first-order valence-electron chi connectivity index (χ1n) is 10.8. The minimum Gasteiger partial charge on any atom is -0.252 e. The van der Waals surface area contributed by atoms with Crippen molar-refractivity contribution in [2.24, 2.45) is 5.10 Å². The summed E-state index contributed by atoms with van der Waals surface area (Å²) in [6, 6.07) is 9.77. The molecule has 0 bridgehead atoms. The number of anilines is 1. The Morgan fingerprint density at radius 3 is 2.14 bits per heavy atom. The molecule has 3 aromatic heterocycles. The largest absolute Gasteiger partial charge is 0.433 e. The fourth-order valence-electron chi connectivity index (χ4n) is 3.78. The van der Waals surface area contributed by atoms with Gasteiger partial charge in [0.1, 0.15) is 17.2 Å². The Labute approximate surface area is 201 Å². The second-order valence-electron chi connectivity index (χ2n) is 8.87. The zero-order chi connectivity index (χ0) is 26.5. The lowest BCUT2D eigenvalue weighted by atomic mass is 9.84. The van der Waals surface area contributed by atoms with Crippen molar-refractivity contribution < 1.29 is 30.7 Å². The number of hydrogen-bond donors (Lipinski definition) is 0. The minimum absolute atomic E-state index is 0.0266. The zero-order valence-corrected chi connectivity index (χ0v) is 19.3. The third-order valence-corrected chi connectivity index (χ3v) is 5.79. The van der Waals surface area contributed by atoms with E-state index < -0.39 is 35.1 Å². The molecule has 0 spiro atoms. The summed E-state index contributed by atoms with van der Waals surface area (Å²) in [7, 11) is 0. The van der Waals surface area contributed by atoms with Gasteiger partial charge in [-0.15, -0.1) is 0 Å². The van der Waals surface area contributed by atoms with E-state index >= 15 is 0 Å². The first-order valence-corrected chi connectivity index (χ1v) is 10.8. The van der Waals surface area contributed by atoms with Crippen LogP contribution in [0.4, 0.5) is 36.6 Å². The maximum absolute atomic E-state index is 14.5. The standard InChI is InChI=1S/C24H20F7N5/c1-13-11-15(14-7-8-17(23(26,27)28)34-21(14)25)32-19(12-13)22(2,3)16-5-4-6-20(33-16)36-10-9-18(35-36)24(29,30)31/h4-8,11-12H,9-10H2,1-3H3. The first kappa shape index (κ1) is 25.5. The maximum Gasteiger partial charge on any atom is 0.433 e. The number of alkyl halides is 6. The van der Waals surface area contributed by atoms with Crippen LogP contribution in [0.1, 0.15) is 42.9 Å². The van der Waals surface area contributed by atoms with Crippen molar-refractivity contribution in [1.29, 1.82) is 0 Å². The molecule has 4 rings (SSSR count). The Morgan fingerprint density at radius 1 is 0.806 bits per heavy atom. The second kappa shape index (κ2) is 8.82. The number of aryl methyl sites for hydroxylation is 1. The maximum atomic E-state index is 14.5. The predicted molar refractivity (Wildman–Crippen MR) is 119 cm³/mol. The molecule has 36 heavy (non-hydrogen) atoms. The average molecular weight is 511 g/mol. The number of rotatable bonds is 4. The summed E-state index contributed by atoms with van der Waals surface area (Å²) in [6.07, 6.45) is -9.56. The van der Waals surface area contributed by atoms with Crippen LogP contribution in [0.3, 0.4) is 0 Å². The SMILES string of the molecule is Cc1cc(-c2ccc(C(F)(F)F)nc2F)nc(C(C)(C)c2cccc(N3CCC(C(F)(F)F)=N3)n2)c1. The van der Waals surface area contributed by atoms with E-state index in [4.69, 9.17) is 0 Å². The summed E-state index contributed by atoms with van der Waals surface area (Å²) >= 11 is 0. The van der Waals surface area contributed by atoms with Crippen LogP contribution in [0.15, 0.2) is 47.6 Å². The highest BCUT2D eigenvalue weighted by molar-refractivity contribution is 5.92.